The molecule has 2 aromatic rings. The highest BCUT2D eigenvalue weighted by Crippen LogP contribution is 2.42. The van der Waals surface area contributed by atoms with Crippen LogP contribution in [-0.2, 0) is 5.41 Å². The van der Waals surface area contributed by atoms with Gasteiger partial charge in [-0.3, -0.25) is 0 Å². The van der Waals surface area contributed by atoms with Crippen molar-refractivity contribution in [1.29, 1.82) is 0 Å². The number of hydrogen-bond acceptors (Lipinski definition) is 6. The summed E-state index contributed by atoms with van der Waals surface area (Å²) in [4.78, 5) is 6.56. The van der Waals surface area contributed by atoms with Crippen LogP contribution >= 0.6 is 0 Å². The zero-order valence-electron chi connectivity index (χ0n) is 10.9. The minimum atomic E-state index is 0.0912. The van der Waals surface area contributed by atoms with Gasteiger partial charge in [0.2, 0.25) is 11.7 Å². The van der Waals surface area contributed by atoms with E-state index in [9.17, 15) is 0 Å². The van der Waals surface area contributed by atoms with Crippen molar-refractivity contribution in [1.82, 2.24) is 20.1 Å². The van der Waals surface area contributed by atoms with Crippen molar-refractivity contribution in [2.75, 3.05) is 19.6 Å². The molecule has 100 valence electrons. The predicted octanol–water partition coefficient (Wildman–Crippen LogP) is 1.77. The number of aromatic nitrogens is 3. The molecule has 6 heteroatoms. The maximum absolute atomic E-state index is 5.89. The third kappa shape index (κ3) is 1.63. The Kier molecular flexibility index (Phi) is 2.29. The lowest BCUT2D eigenvalue weighted by Gasteiger charge is -2.46. The van der Waals surface area contributed by atoms with Gasteiger partial charge in [0, 0.05) is 0 Å². The van der Waals surface area contributed by atoms with E-state index in [0.29, 0.717) is 11.7 Å². The highest BCUT2D eigenvalue weighted by molar-refractivity contribution is 5.46. The van der Waals surface area contributed by atoms with E-state index in [-0.39, 0.29) is 5.41 Å². The monoisotopic (exact) mass is 260 g/mol. The SMILES string of the molecule is Cc1ncoc1-c1nnc(C23CCN(CC2)CC3)o1. The van der Waals surface area contributed by atoms with E-state index in [1.807, 2.05) is 6.92 Å². The molecule has 0 aliphatic carbocycles. The van der Waals surface area contributed by atoms with Crippen molar-refractivity contribution in [3.8, 4) is 11.7 Å². The zero-order valence-corrected chi connectivity index (χ0v) is 10.9. The number of oxazole rings is 1. The molecule has 0 radical (unpaired) electrons. The third-order valence-corrected chi connectivity index (χ3v) is 4.54. The summed E-state index contributed by atoms with van der Waals surface area (Å²) in [5.41, 5.74) is 0.875. The molecule has 3 saturated heterocycles. The van der Waals surface area contributed by atoms with E-state index in [4.69, 9.17) is 8.83 Å². The summed E-state index contributed by atoms with van der Waals surface area (Å²) in [6, 6.07) is 0. The first kappa shape index (κ1) is 11.2. The number of aryl methyl sites for hydroxylation is 1. The average Bonchev–Trinajstić information content (AvgIpc) is 3.09. The van der Waals surface area contributed by atoms with Crippen molar-refractivity contribution < 1.29 is 8.83 Å². The van der Waals surface area contributed by atoms with Crippen molar-refractivity contribution in [2.24, 2.45) is 0 Å². The van der Waals surface area contributed by atoms with Gasteiger partial charge in [0.15, 0.2) is 6.39 Å². The van der Waals surface area contributed by atoms with Crippen LogP contribution in [-0.4, -0.2) is 39.7 Å². The summed E-state index contributed by atoms with van der Waals surface area (Å²) < 4.78 is 11.2. The maximum atomic E-state index is 5.89. The molecule has 0 N–H and O–H groups in total. The van der Waals surface area contributed by atoms with Crippen molar-refractivity contribution in [3.63, 3.8) is 0 Å². The molecule has 0 spiro atoms. The molecule has 3 aliphatic heterocycles. The van der Waals surface area contributed by atoms with E-state index < -0.39 is 0 Å². The molecule has 2 bridgehead atoms. The molecule has 3 aliphatic rings. The number of piperidine rings is 3. The van der Waals surface area contributed by atoms with Crippen molar-refractivity contribution >= 4 is 0 Å². The van der Waals surface area contributed by atoms with Crippen LogP contribution in [0.3, 0.4) is 0 Å². The van der Waals surface area contributed by atoms with E-state index in [1.165, 1.54) is 6.39 Å². The normalized spacial score (nSPS) is 29.8. The van der Waals surface area contributed by atoms with Gasteiger partial charge in [-0.25, -0.2) is 4.98 Å². The van der Waals surface area contributed by atoms with Gasteiger partial charge >= 0.3 is 0 Å². The molecule has 19 heavy (non-hydrogen) atoms. The van der Waals surface area contributed by atoms with Gasteiger partial charge in [-0.1, -0.05) is 0 Å². The Bertz CT molecular complexity index is 582. The first-order valence-electron chi connectivity index (χ1n) is 6.74. The first-order valence-corrected chi connectivity index (χ1v) is 6.74. The molecule has 5 rings (SSSR count). The van der Waals surface area contributed by atoms with E-state index in [0.717, 1.165) is 50.5 Å². The zero-order chi connectivity index (χ0) is 12.9. The summed E-state index contributed by atoms with van der Waals surface area (Å²) in [7, 11) is 0. The minimum Gasteiger partial charge on any atom is -0.438 e. The Morgan fingerprint density at radius 3 is 2.53 bits per heavy atom. The Labute approximate surface area is 110 Å². The van der Waals surface area contributed by atoms with E-state index in [2.05, 4.69) is 20.1 Å². The molecule has 0 atom stereocenters. The third-order valence-electron chi connectivity index (χ3n) is 4.54. The van der Waals surface area contributed by atoms with Gasteiger partial charge in [-0.05, 0) is 45.8 Å². The van der Waals surface area contributed by atoms with E-state index >= 15 is 0 Å². The van der Waals surface area contributed by atoms with Crippen LogP contribution in [0.15, 0.2) is 15.2 Å². The lowest BCUT2D eigenvalue weighted by Crippen LogP contribution is -2.50. The lowest BCUT2D eigenvalue weighted by molar-refractivity contribution is 0.0642. The van der Waals surface area contributed by atoms with Crippen LogP contribution < -0.4 is 0 Å². The summed E-state index contributed by atoms with van der Waals surface area (Å²) in [6.45, 7) is 5.29. The quantitative estimate of drug-likeness (QED) is 0.819. The number of rotatable bonds is 2. The number of fused-ring (bicyclic) bond motifs is 3. The van der Waals surface area contributed by atoms with Crippen LogP contribution in [0.2, 0.25) is 0 Å². The molecule has 5 heterocycles. The van der Waals surface area contributed by atoms with Gasteiger partial charge in [-0.2, -0.15) is 0 Å². The predicted molar refractivity (Wildman–Crippen MR) is 66.5 cm³/mol. The molecule has 3 fully saturated rings. The average molecular weight is 260 g/mol. The fourth-order valence-electron chi connectivity index (χ4n) is 3.18. The van der Waals surface area contributed by atoms with E-state index in [1.54, 1.807) is 0 Å². The highest BCUT2D eigenvalue weighted by Gasteiger charge is 2.44. The van der Waals surface area contributed by atoms with Gasteiger partial charge < -0.3 is 13.7 Å². The minimum absolute atomic E-state index is 0.0912. The van der Waals surface area contributed by atoms with Gasteiger partial charge in [-0.15, -0.1) is 10.2 Å². The topological polar surface area (TPSA) is 68.2 Å². The number of nitrogens with zero attached hydrogens (tertiary/aromatic N) is 4. The molecular formula is C13H16N4O2. The summed E-state index contributed by atoms with van der Waals surface area (Å²) in [6.07, 6.45) is 4.75. The lowest BCUT2D eigenvalue weighted by atomic mass is 9.72. The molecule has 0 saturated carbocycles. The smallest absolute Gasteiger partial charge is 0.285 e. The second-order valence-corrected chi connectivity index (χ2v) is 5.55. The van der Waals surface area contributed by atoms with Gasteiger partial charge in [0.1, 0.15) is 0 Å². The van der Waals surface area contributed by atoms with Crippen LogP contribution in [0.1, 0.15) is 30.8 Å². The second-order valence-electron chi connectivity index (χ2n) is 5.55. The van der Waals surface area contributed by atoms with Crippen LogP contribution in [0.4, 0.5) is 0 Å². The van der Waals surface area contributed by atoms with Gasteiger partial charge in [0.05, 0.1) is 11.1 Å². The second kappa shape index (κ2) is 3.90. The fourth-order valence-corrected chi connectivity index (χ4v) is 3.18. The largest absolute Gasteiger partial charge is 0.438 e. The van der Waals surface area contributed by atoms with Gasteiger partial charge in [0.25, 0.3) is 5.89 Å². The molecule has 6 nitrogen and oxygen atoms in total. The number of hydrogen-bond donors (Lipinski definition) is 0. The first-order chi connectivity index (χ1) is 9.27. The molecular weight excluding hydrogens is 244 g/mol. The molecule has 0 unspecified atom stereocenters. The fraction of sp³-hybridized carbons (Fsp3) is 0.615. The summed E-state index contributed by atoms with van der Waals surface area (Å²) in [5.74, 6) is 1.81. The van der Waals surface area contributed by atoms with Crippen molar-refractivity contribution in [2.45, 2.75) is 31.6 Å². The Morgan fingerprint density at radius 1 is 1.16 bits per heavy atom. The summed E-state index contributed by atoms with van der Waals surface area (Å²) >= 11 is 0. The summed E-state index contributed by atoms with van der Waals surface area (Å²) in [5, 5.41) is 8.42. The molecule has 2 aromatic heterocycles. The Balaban J connectivity index is 1.70. The molecule has 0 amide bonds. The van der Waals surface area contributed by atoms with Crippen LogP contribution in [0.5, 0.6) is 0 Å². The Morgan fingerprint density at radius 2 is 1.89 bits per heavy atom. The maximum Gasteiger partial charge on any atom is 0.285 e. The standard InChI is InChI=1S/C13H16N4O2/c1-9-10(18-8-14-9)11-15-16-12(19-11)13-2-5-17(6-3-13)7-4-13/h8H,2-7H2,1H3. The highest BCUT2D eigenvalue weighted by atomic mass is 16.4. The van der Waals surface area contributed by atoms with Crippen molar-refractivity contribution in [3.05, 3.63) is 18.0 Å². The van der Waals surface area contributed by atoms with Crippen LogP contribution in [0.25, 0.3) is 11.7 Å². The van der Waals surface area contributed by atoms with Crippen LogP contribution in [0, 0.1) is 6.92 Å². The Hall–Kier alpha value is -1.69. The molecule has 0 aromatic carbocycles.